The number of nitrogens with one attached hydrogen (secondary N) is 1. The number of anilines is 1. The van der Waals surface area contributed by atoms with Crippen LogP contribution >= 0.6 is 0 Å². The first-order chi connectivity index (χ1) is 12.8. The Kier molecular flexibility index (Phi) is 6.98. The third kappa shape index (κ3) is 5.30. The largest absolute Gasteiger partial charge is 0.506 e. The molecule has 1 amide bonds. The number of aryl methyl sites for hydroxylation is 2. The minimum absolute atomic E-state index is 0.0277. The zero-order valence-corrected chi connectivity index (χ0v) is 16.7. The standard InChI is InChI=1S/C20H26N2O4S/c1-4-22(5-2)27(25,26)17-10-7-16(8-11-17)9-13-20(24)21-18-14-15(3)6-12-19(18)23/h6-8,10-12,14,23H,4-5,9,13H2,1-3H3,(H,21,24). The number of benzene rings is 2. The van der Waals surface area contributed by atoms with Crippen LogP contribution in [-0.2, 0) is 21.2 Å². The predicted octanol–water partition coefficient (Wildman–Crippen LogP) is 3.30. The van der Waals surface area contributed by atoms with Crippen LogP contribution in [0.2, 0.25) is 0 Å². The lowest BCUT2D eigenvalue weighted by Gasteiger charge is -2.18. The summed E-state index contributed by atoms with van der Waals surface area (Å²) in [6.45, 7) is 6.34. The van der Waals surface area contributed by atoms with Crippen LogP contribution in [0.5, 0.6) is 5.75 Å². The highest BCUT2D eigenvalue weighted by Gasteiger charge is 2.21. The fourth-order valence-electron chi connectivity index (χ4n) is 2.76. The van der Waals surface area contributed by atoms with Crippen LogP contribution in [0.25, 0.3) is 0 Å². The van der Waals surface area contributed by atoms with Gasteiger partial charge in [0.15, 0.2) is 0 Å². The molecule has 0 heterocycles. The van der Waals surface area contributed by atoms with E-state index in [2.05, 4.69) is 5.32 Å². The summed E-state index contributed by atoms with van der Waals surface area (Å²) in [5.41, 5.74) is 2.20. The Hall–Kier alpha value is -2.38. The van der Waals surface area contributed by atoms with Crippen molar-refractivity contribution in [1.82, 2.24) is 4.31 Å². The van der Waals surface area contributed by atoms with Crippen LogP contribution in [0, 0.1) is 6.92 Å². The lowest BCUT2D eigenvalue weighted by molar-refractivity contribution is -0.116. The summed E-state index contributed by atoms with van der Waals surface area (Å²) in [6, 6.07) is 11.6. The van der Waals surface area contributed by atoms with Gasteiger partial charge in [-0.3, -0.25) is 4.79 Å². The highest BCUT2D eigenvalue weighted by atomic mass is 32.2. The number of phenolic OH excluding ortho intramolecular Hbond substituents is 1. The SMILES string of the molecule is CCN(CC)S(=O)(=O)c1ccc(CCC(=O)Nc2cc(C)ccc2O)cc1. The molecule has 27 heavy (non-hydrogen) atoms. The van der Waals surface area contributed by atoms with E-state index >= 15 is 0 Å². The molecule has 6 nitrogen and oxygen atoms in total. The second-order valence-corrected chi connectivity index (χ2v) is 8.24. The maximum atomic E-state index is 12.5. The minimum atomic E-state index is -3.47. The second kappa shape index (κ2) is 9.01. The molecule has 0 saturated heterocycles. The van der Waals surface area contributed by atoms with Crippen molar-refractivity contribution in [3.05, 3.63) is 53.6 Å². The van der Waals surface area contributed by atoms with E-state index in [9.17, 15) is 18.3 Å². The van der Waals surface area contributed by atoms with Crippen molar-refractivity contribution in [3.63, 3.8) is 0 Å². The van der Waals surface area contributed by atoms with Gasteiger partial charge in [0.05, 0.1) is 10.6 Å². The summed E-state index contributed by atoms with van der Waals surface area (Å²) in [5.74, 6) is -0.185. The average molecular weight is 391 g/mol. The van der Waals surface area contributed by atoms with Crippen LogP contribution in [0.4, 0.5) is 5.69 Å². The number of hydrogen-bond acceptors (Lipinski definition) is 4. The summed E-state index contributed by atoms with van der Waals surface area (Å²) in [4.78, 5) is 12.4. The van der Waals surface area contributed by atoms with Gasteiger partial charge in [-0.15, -0.1) is 0 Å². The van der Waals surface area contributed by atoms with Crippen molar-refractivity contribution >= 4 is 21.6 Å². The Morgan fingerprint density at radius 1 is 1.07 bits per heavy atom. The summed E-state index contributed by atoms with van der Waals surface area (Å²) in [7, 11) is -3.47. The predicted molar refractivity (Wildman–Crippen MR) is 106 cm³/mol. The number of carbonyl (C=O) groups is 1. The summed E-state index contributed by atoms with van der Waals surface area (Å²) >= 11 is 0. The molecule has 0 aliphatic heterocycles. The molecular weight excluding hydrogens is 364 g/mol. The monoisotopic (exact) mass is 390 g/mol. The Morgan fingerprint density at radius 3 is 2.30 bits per heavy atom. The van der Waals surface area contributed by atoms with Gasteiger partial charge in [0.1, 0.15) is 5.75 Å². The number of nitrogens with zero attached hydrogens (tertiary/aromatic N) is 1. The molecule has 0 aliphatic carbocycles. The van der Waals surface area contributed by atoms with Gasteiger partial charge >= 0.3 is 0 Å². The molecule has 0 radical (unpaired) electrons. The molecule has 0 unspecified atom stereocenters. The molecule has 146 valence electrons. The first-order valence-corrected chi connectivity index (χ1v) is 10.4. The minimum Gasteiger partial charge on any atom is -0.506 e. The van der Waals surface area contributed by atoms with Gasteiger partial charge in [0, 0.05) is 19.5 Å². The van der Waals surface area contributed by atoms with Gasteiger partial charge in [-0.05, 0) is 48.7 Å². The van der Waals surface area contributed by atoms with Crippen molar-refractivity contribution in [1.29, 1.82) is 0 Å². The summed E-state index contributed by atoms with van der Waals surface area (Å²) in [5, 5.41) is 12.5. The number of phenols is 1. The van der Waals surface area contributed by atoms with E-state index < -0.39 is 10.0 Å². The fourth-order valence-corrected chi connectivity index (χ4v) is 4.22. The van der Waals surface area contributed by atoms with E-state index in [0.717, 1.165) is 11.1 Å². The van der Waals surface area contributed by atoms with Gasteiger partial charge in [-0.1, -0.05) is 32.0 Å². The second-order valence-electron chi connectivity index (χ2n) is 6.30. The number of hydrogen-bond donors (Lipinski definition) is 2. The van der Waals surface area contributed by atoms with Gasteiger partial charge < -0.3 is 10.4 Å². The normalized spacial score (nSPS) is 11.6. The zero-order valence-electron chi connectivity index (χ0n) is 15.9. The van der Waals surface area contributed by atoms with E-state index in [1.165, 1.54) is 4.31 Å². The molecule has 0 spiro atoms. The van der Waals surface area contributed by atoms with Crippen molar-refractivity contribution in [2.75, 3.05) is 18.4 Å². The molecule has 2 N–H and O–H groups in total. The van der Waals surface area contributed by atoms with Crippen molar-refractivity contribution in [2.24, 2.45) is 0 Å². The fraction of sp³-hybridized carbons (Fsp3) is 0.350. The quantitative estimate of drug-likeness (QED) is 0.677. The third-order valence-electron chi connectivity index (χ3n) is 4.33. The highest BCUT2D eigenvalue weighted by Crippen LogP contribution is 2.24. The first kappa shape index (κ1) is 20.9. The number of aromatic hydroxyl groups is 1. The first-order valence-electron chi connectivity index (χ1n) is 8.96. The molecule has 0 aromatic heterocycles. The van der Waals surface area contributed by atoms with Gasteiger partial charge in [-0.25, -0.2) is 8.42 Å². The molecule has 0 bridgehead atoms. The van der Waals surface area contributed by atoms with Crippen molar-refractivity contribution in [2.45, 2.75) is 38.5 Å². The maximum absolute atomic E-state index is 12.5. The molecule has 2 aromatic carbocycles. The van der Waals surface area contributed by atoms with E-state index in [4.69, 9.17) is 0 Å². The number of carbonyl (C=O) groups excluding carboxylic acids is 1. The van der Waals surface area contributed by atoms with Crippen LogP contribution in [0.15, 0.2) is 47.4 Å². The molecule has 0 aliphatic rings. The Bertz CT molecular complexity index is 889. The Balaban J connectivity index is 1.99. The molecule has 2 rings (SSSR count). The van der Waals surface area contributed by atoms with Crippen LogP contribution in [-0.4, -0.2) is 36.8 Å². The van der Waals surface area contributed by atoms with E-state index in [1.54, 1.807) is 56.3 Å². The Labute approximate surface area is 160 Å². The van der Waals surface area contributed by atoms with Gasteiger partial charge in [-0.2, -0.15) is 4.31 Å². The molecular formula is C20H26N2O4S. The summed E-state index contributed by atoms with van der Waals surface area (Å²) < 4.78 is 26.4. The van der Waals surface area contributed by atoms with E-state index in [1.807, 2.05) is 6.92 Å². The smallest absolute Gasteiger partial charge is 0.243 e. The average Bonchev–Trinajstić information content (AvgIpc) is 2.64. The van der Waals surface area contributed by atoms with Crippen molar-refractivity contribution in [3.8, 4) is 5.75 Å². The molecule has 0 saturated carbocycles. The lowest BCUT2D eigenvalue weighted by Crippen LogP contribution is -2.30. The number of amides is 1. The van der Waals surface area contributed by atoms with E-state index in [-0.39, 0.29) is 23.0 Å². The third-order valence-corrected chi connectivity index (χ3v) is 6.40. The number of sulfonamides is 1. The summed E-state index contributed by atoms with van der Waals surface area (Å²) in [6.07, 6.45) is 0.708. The molecule has 2 aromatic rings. The topological polar surface area (TPSA) is 86.7 Å². The zero-order chi connectivity index (χ0) is 20.0. The maximum Gasteiger partial charge on any atom is 0.243 e. The van der Waals surface area contributed by atoms with Crippen LogP contribution in [0.1, 0.15) is 31.4 Å². The molecule has 7 heteroatoms. The number of rotatable bonds is 8. The van der Waals surface area contributed by atoms with E-state index in [0.29, 0.717) is 25.2 Å². The van der Waals surface area contributed by atoms with Crippen molar-refractivity contribution < 1.29 is 18.3 Å². The molecule has 0 fully saturated rings. The lowest BCUT2D eigenvalue weighted by atomic mass is 10.1. The van der Waals surface area contributed by atoms with Crippen LogP contribution < -0.4 is 5.32 Å². The van der Waals surface area contributed by atoms with Gasteiger partial charge in [0.2, 0.25) is 15.9 Å². The molecule has 0 atom stereocenters. The van der Waals surface area contributed by atoms with Crippen LogP contribution in [0.3, 0.4) is 0 Å². The van der Waals surface area contributed by atoms with Gasteiger partial charge in [0.25, 0.3) is 0 Å². The highest BCUT2D eigenvalue weighted by molar-refractivity contribution is 7.89. The Morgan fingerprint density at radius 2 is 1.70 bits per heavy atom.